The van der Waals surface area contributed by atoms with E-state index >= 15 is 0 Å². The molecule has 0 radical (unpaired) electrons. The minimum atomic E-state index is -4.09. The van der Waals surface area contributed by atoms with E-state index in [9.17, 15) is 18.0 Å². The van der Waals surface area contributed by atoms with Crippen LogP contribution in [0.15, 0.2) is 0 Å². The van der Waals surface area contributed by atoms with Crippen LogP contribution in [0.1, 0.15) is 26.2 Å². The first-order valence-electron chi connectivity index (χ1n) is 4.77. The van der Waals surface area contributed by atoms with Crippen molar-refractivity contribution in [1.82, 2.24) is 4.90 Å². The van der Waals surface area contributed by atoms with Crippen molar-refractivity contribution in [2.24, 2.45) is 5.92 Å². The molecule has 82 valence electrons. The Kier molecular flexibility index (Phi) is 3.39. The van der Waals surface area contributed by atoms with Crippen molar-refractivity contribution in [3.63, 3.8) is 0 Å². The predicted molar refractivity (Wildman–Crippen MR) is 45.7 cm³/mol. The molecule has 5 heteroatoms. The molecule has 1 heterocycles. The number of nitrogens with zero attached hydrogens (tertiary/aromatic N) is 1. The Hall–Kier alpha value is -0.740. The summed E-state index contributed by atoms with van der Waals surface area (Å²) >= 11 is 0. The van der Waals surface area contributed by atoms with Crippen molar-refractivity contribution >= 4 is 5.91 Å². The summed E-state index contributed by atoms with van der Waals surface area (Å²) in [7, 11) is 0. The van der Waals surface area contributed by atoms with E-state index in [1.54, 1.807) is 0 Å². The van der Waals surface area contributed by atoms with E-state index in [1.807, 2.05) is 6.92 Å². The van der Waals surface area contributed by atoms with Crippen LogP contribution in [-0.4, -0.2) is 30.1 Å². The van der Waals surface area contributed by atoms with E-state index in [2.05, 4.69) is 0 Å². The first kappa shape index (κ1) is 11.3. The summed E-state index contributed by atoms with van der Waals surface area (Å²) in [5, 5.41) is 0. The second kappa shape index (κ2) is 4.19. The van der Waals surface area contributed by atoms with Crippen LogP contribution in [0.25, 0.3) is 0 Å². The van der Waals surface area contributed by atoms with Gasteiger partial charge in [-0.1, -0.05) is 6.92 Å². The molecule has 1 rings (SSSR count). The van der Waals surface area contributed by atoms with Gasteiger partial charge < -0.3 is 4.90 Å². The molecule has 0 unspecified atom stereocenters. The fraction of sp³-hybridized carbons (Fsp3) is 0.889. The van der Waals surface area contributed by atoms with Gasteiger partial charge >= 0.3 is 6.18 Å². The van der Waals surface area contributed by atoms with Crippen molar-refractivity contribution in [2.75, 3.05) is 13.1 Å². The van der Waals surface area contributed by atoms with Crippen molar-refractivity contribution in [3.05, 3.63) is 0 Å². The highest BCUT2D eigenvalue weighted by molar-refractivity contribution is 5.76. The molecule has 0 aromatic carbocycles. The summed E-state index contributed by atoms with van der Waals surface area (Å²) in [6, 6.07) is 0. The molecule has 1 fully saturated rings. The Morgan fingerprint density at radius 3 is 2.43 bits per heavy atom. The number of hydrogen-bond donors (Lipinski definition) is 0. The third-order valence-electron chi connectivity index (χ3n) is 2.29. The molecule has 0 bridgehead atoms. The maximum Gasteiger partial charge on any atom is 0.389 e. The lowest BCUT2D eigenvalue weighted by Gasteiger charge is -2.39. The Morgan fingerprint density at radius 1 is 1.43 bits per heavy atom. The molecule has 1 aliphatic rings. The van der Waals surface area contributed by atoms with Crippen LogP contribution in [0.3, 0.4) is 0 Å². The van der Waals surface area contributed by atoms with E-state index in [0.717, 1.165) is 6.42 Å². The van der Waals surface area contributed by atoms with Gasteiger partial charge in [-0.25, -0.2) is 0 Å². The molecule has 0 aliphatic carbocycles. The third kappa shape index (κ3) is 3.20. The first-order chi connectivity index (χ1) is 6.42. The molecule has 0 spiro atoms. The smallest absolute Gasteiger partial charge is 0.342 e. The lowest BCUT2D eigenvalue weighted by Crippen LogP contribution is -2.51. The summed E-state index contributed by atoms with van der Waals surface area (Å²) in [5.41, 5.74) is 0. The Balaban J connectivity index is 2.20. The van der Waals surface area contributed by atoms with E-state index in [0.29, 0.717) is 6.42 Å². The lowest BCUT2D eigenvalue weighted by atomic mass is 9.95. The van der Waals surface area contributed by atoms with Gasteiger partial charge in [0.1, 0.15) is 0 Å². The zero-order valence-corrected chi connectivity index (χ0v) is 8.10. The van der Waals surface area contributed by atoms with Crippen LogP contribution in [0, 0.1) is 5.92 Å². The van der Waals surface area contributed by atoms with Gasteiger partial charge in [-0.2, -0.15) is 13.2 Å². The second-order valence-corrected chi connectivity index (χ2v) is 3.73. The zero-order valence-electron chi connectivity index (χ0n) is 8.10. The highest BCUT2D eigenvalue weighted by Crippen LogP contribution is 2.30. The minimum absolute atomic E-state index is 0.0223. The summed E-state index contributed by atoms with van der Waals surface area (Å²) in [6.45, 7) is 2.43. The molecule has 14 heavy (non-hydrogen) atoms. The number of rotatable bonds is 3. The number of halogens is 3. The predicted octanol–water partition coefficient (Wildman–Crippen LogP) is 2.20. The lowest BCUT2D eigenvalue weighted by molar-refractivity contribution is -0.163. The Morgan fingerprint density at radius 2 is 2.00 bits per heavy atom. The molecule has 1 amide bonds. The highest BCUT2D eigenvalue weighted by atomic mass is 19.4. The molecular formula is C9H14F3NO. The van der Waals surface area contributed by atoms with E-state index < -0.39 is 12.6 Å². The van der Waals surface area contributed by atoms with Gasteiger partial charge in [-0.15, -0.1) is 0 Å². The molecule has 1 saturated heterocycles. The van der Waals surface area contributed by atoms with Gasteiger partial charge in [-0.3, -0.25) is 4.79 Å². The van der Waals surface area contributed by atoms with Crippen LogP contribution in [0.4, 0.5) is 13.2 Å². The number of likely N-dealkylation sites (tertiary alicyclic amines) is 1. The Labute approximate surface area is 81.1 Å². The van der Waals surface area contributed by atoms with E-state index in [1.165, 1.54) is 4.90 Å². The molecule has 0 saturated carbocycles. The quantitative estimate of drug-likeness (QED) is 0.697. The maximum atomic E-state index is 11.9. The van der Waals surface area contributed by atoms with Gasteiger partial charge in [0, 0.05) is 31.8 Å². The summed E-state index contributed by atoms with van der Waals surface area (Å²) in [6.07, 6.45) is -3.66. The molecule has 0 aromatic rings. The van der Waals surface area contributed by atoms with Gasteiger partial charge in [-0.05, 0) is 6.42 Å². The monoisotopic (exact) mass is 209 g/mol. The van der Waals surface area contributed by atoms with Crippen molar-refractivity contribution < 1.29 is 18.0 Å². The second-order valence-electron chi connectivity index (χ2n) is 3.73. The van der Waals surface area contributed by atoms with E-state index in [-0.39, 0.29) is 24.9 Å². The van der Waals surface area contributed by atoms with Crippen molar-refractivity contribution in [3.8, 4) is 0 Å². The largest absolute Gasteiger partial charge is 0.389 e. The maximum absolute atomic E-state index is 11.9. The highest BCUT2D eigenvalue weighted by Gasteiger charge is 2.39. The zero-order chi connectivity index (χ0) is 10.8. The van der Waals surface area contributed by atoms with Crippen LogP contribution in [0.2, 0.25) is 0 Å². The summed E-state index contributed by atoms with van der Waals surface area (Å²) in [4.78, 5) is 12.7. The fourth-order valence-electron chi connectivity index (χ4n) is 1.60. The third-order valence-corrected chi connectivity index (χ3v) is 2.29. The number of alkyl halides is 3. The van der Waals surface area contributed by atoms with Crippen LogP contribution >= 0.6 is 0 Å². The summed E-state index contributed by atoms with van der Waals surface area (Å²) < 4.78 is 35.7. The van der Waals surface area contributed by atoms with Crippen LogP contribution in [0.5, 0.6) is 0 Å². The van der Waals surface area contributed by atoms with Gasteiger partial charge in [0.15, 0.2) is 0 Å². The molecule has 2 nitrogen and oxygen atoms in total. The number of amides is 1. The SMILES string of the molecule is CCCC(=O)N1CC(CC(F)(F)F)C1. The fourth-order valence-corrected chi connectivity index (χ4v) is 1.60. The number of carbonyl (C=O) groups excluding carboxylic acids is 1. The number of hydrogen-bond acceptors (Lipinski definition) is 1. The van der Waals surface area contributed by atoms with Gasteiger partial charge in [0.05, 0.1) is 0 Å². The average molecular weight is 209 g/mol. The average Bonchev–Trinajstić information content (AvgIpc) is 1.94. The number of carbonyl (C=O) groups is 1. The van der Waals surface area contributed by atoms with E-state index in [4.69, 9.17) is 0 Å². The van der Waals surface area contributed by atoms with Crippen molar-refractivity contribution in [2.45, 2.75) is 32.4 Å². The molecule has 1 aliphatic heterocycles. The molecule has 0 N–H and O–H groups in total. The first-order valence-corrected chi connectivity index (χ1v) is 4.77. The molecular weight excluding hydrogens is 195 g/mol. The molecule has 0 aromatic heterocycles. The normalized spacial score (nSPS) is 18.1. The van der Waals surface area contributed by atoms with Crippen molar-refractivity contribution in [1.29, 1.82) is 0 Å². The van der Waals surface area contributed by atoms with Crippen LogP contribution < -0.4 is 0 Å². The summed E-state index contributed by atoms with van der Waals surface area (Å²) in [5.74, 6) is -0.401. The van der Waals surface area contributed by atoms with Crippen LogP contribution in [-0.2, 0) is 4.79 Å². The standard InChI is InChI=1S/C9H14F3NO/c1-2-3-8(14)13-5-7(6-13)4-9(10,11)12/h7H,2-6H2,1H3. The minimum Gasteiger partial charge on any atom is -0.342 e. The molecule has 0 atom stereocenters. The van der Waals surface area contributed by atoms with Gasteiger partial charge in [0.2, 0.25) is 5.91 Å². The topological polar surface area (TPSA) is 20.3 Å². The van der Waals surface area contributed by atoms with Gasteiger partial charge in [0.25, 0.3) is 0 Å². The Bertz CT molecular complexity index is 209.